The van der Waals surface area contributed by atoms with Crippen LogP contribution < -0.4 is 14.2 Å². The van der Waals surface area contributed by atoms with Crippen molar-refractivity contribution in [3.8, 4) is 17.2 Å². The first-order valence-corrected chi connectivity index (χ1v) is 6.45. The fourth-order valence-corrected chi connectivity index (χ4v) is 1.97. The second-order valence-corrected chi connectivity index (χ2v) is 4.69. The lowest BCUT2D eigenvalue weighted by molar-refractivity contribution is 0.0921. The average Bonchev–Trinajstić information content (AvgIpc) is 2.95. The lowest BCUT2D eigenvalue weighted by atomic mass is 10.1. The normalized spacial score (nSPS) is 12.3. The van der Waals surface area contributed by atoms with Crippen molar-refractivity contribution in [2.45, 2.75) is 6.92 Å². The van der Waals surface area contributed by atoms with Crippen LogP contribution in [0.4, 0.5) is 4.39 Å². The number of carbonyl (C=O) groups is 1. The van der Waals surface area contributed by atoms with Gasteiger partial charge in [-0.1, -0.05) is 6.07 Å². The molecule has 1 aliphatic rings. The maximum Gasteiger partial charge on any atom is 0.231 e. The van der Waals surface area contributed by atoms with Gasteiger partial charge in [-0.2, -0.15) is 0 Å². The van der Waals surface area contributed by atoms with Crippen LogP contribution in [-0.2, 0) is 0 Å². The van der Waals surface area contributed by atoms with Crippen LogP contribution in [0.15, 0.2) is 36.4 Å². The van der Waals surface area contributed by atoms with Gasteiger partial charge in [-0.05, 0) is 36.8 Å². The first kappa shape index (κ1) is 13.4. The summed E-state index contributed by atoms with van der Waals surface area (Å²) in [4.78, 5) is 12.1. The topological polar surface area (TPSA) is 44.8 Å². The van der Waals surface area contributed by atoms with E-state index in [4.69, 9.17) is 14.2 Å². The molecule has 2 aromatic rings. The summed E-state index contributed by atoms with van der Waals surface area (Å²) in [5.41, 5.74) is 0.997. The minimum atomic E-state index is -0.358. The van der Waals surface area contributed by atoms with Crippen molar-refractivity contribution in [2.24, 2.45) is 0 Å². The van der Waals surface area contributed by atoms with Crippen LogP contribution in [0.5, 0.6) is 17.2 Å². The van der Waals surface area contributed by atoms with Crippen molar-refractivity contribution >= 4 is 5.78 Å². The predicted molar refractivity (Wildman–Crippen MR) is 73.5 cm³/mol. The average molecular weight is 288 g/mol. The van der Waals surface area contributed by atoms with E-state index in [1.807, 2.05) is 0 Å². The zero-order valence-electron chi connectivity index (χ0n) is 11.4. The minimum Gasteiger partial charge on any atom is -0.485 e. The third-order valence-electron chi connectivity index (χ3n) is 3.21. The molecule has 0 radical (unpaired) electrons. The Morgan fingerprint density at radius 1 is 1.19 bits per heavy atom. The Hall–Kier alpha value is -2.56. The quantitative estimate of drug-likeness (QED) is 0.811. The molecule has 0 saturated heterocycles. The van der Waals surface area contributed by atoms with E-state index in [9.17, 15) is 9.18 Å². The molecule has 0 aromatic heterocycles. The van der Waals surface area contributed by atoms with E-state index in [1.54, 1.807) is 37.3 Å². The molecule has 0 bridgehead atoms. The number of ether oxygens (including phenoxy) is 3. The standard InChI is InChI=1S/C16H13FO4/c1-10-2-4-12(7-13(10)17)19-8-14(18)11-3-5-15-16(6-11)21-9-20-15/h2-7H,8-9H2,1H3. The van der Waals surface area contributed by atoms with Crippen molar-refractivity contribution in [3.63, 3.8) is 0 Å². The number of rotatable bonds is 4. The molecule has 5 heteroatoms. The molecule has 0 spiro atoms. The largest absolute Gasteiger partial charge is 0.485 e. The van der Waals surface area contributed by atoms with Gasteiger partial charge in [-0.3, -0.25) is 4.79 Å². The number of Topliss-reactive ketones (excluding diaryl/α,β-unsaturated/α-hetero) is 1. The number of hydrogen-bond acceptors (Lipinski definition) is 4. The van der Waals surface area contributed by atoms with E-state index >= 15 is 0 Å². The van der Waals surface area contributed by atoms with E-state index in [1.165, 1.54) is 6.07 Å². The molecule has 0 amide bonds. The molecule has 3 rings (SSSR count). The van der Waals surface area contributed by atoms with Crippen molar-refractivity contribution in [1.82, 2.24) is 0 Å². The van der Waals surface area contributed by atoms with Crippen LogP contribution >= 0.6 is 0 Å². The molecule has 0 fully saturated rings. The van der Waals surface area contributed by atoms with Gasteiger partial charge in [-0.25, -0.2) is 4.39 Å². The van der Waals surface area contributed by atoms with E-state index < -0.39 is 0 Å². The number of halogens is 1. The highest BCUT2D eigenvalue weighted by atomic mass is 19.1. The third kappa shape index (κ3) is 2.81. The molecule has 1 aliphatic heterocycles. The molecule has 0 saturated carbocycles. The SMILES string of the molecule is Cc1ccc(OCC(=O)c2ccc3c(c2)OCO3)cc1F. The second-order valence-electron chi connectivity index (χ2n) is 4.69. The molecular weight excluding hydrogens is 275 g/mol. The summed E-state index contributed by atoms with van der Waals surface area (Å²) in [5.74, 6) is 0.916. The Balaban J connectivity index is 1.67. The van der Waals surface area contributed by atoms with Gasteiger partial charge < -0.3 is 14.2 Å². The molecule has 0 N–H and O–H groups in total. The highest BCUT2D eigenvalue weighted by Crippen LogP contribution is 2.32. The summed E-state index contributed by atoms with van der Waals surface area (Å²) in [6.07, 6.45) is 0. The monoisotopic (exact) mass is 288 g/mol. The van der Waals surface area contributed by atoms with E-state index in [2.05, 4.69) is 0 Å². The lowest BCUT2D eigenvalue weighted by Gasteiger charge is -2.07. The lowest BCUT2D eigenvalue weighted by Crippen LogP contribution is -2.11. The second kappa shape index (κ2) is 5.44. The van der Waals surface area contributed by atoms with Crippen molar-refractivity contribution in [3.05, 3.63) is 53.3 Å². The fourth-order valence-electron chi connectivity index (χ4n) is 1.97. The number of carbonyl (C=O) groups excluding carboxylic acids is 1. The maximum absolute atomic E-state index is 13.4. The van der Waals surface area contributed by atoms with Crippen molar-refractivity contribution < 1.29 is 23.4 Å². The summed E-state index contributed by atoms with van der Waals surface area (Å²) < 4.78 is 29.1. The first-order valence-electron chi connectivity index (χ1n) is 6.45. The summed E-state index contributed by atoms with van der Waals surface area (Å²) in [5, 5.41) is 0. The van der Waals surface area contributed by atoms with Gasteiger partial charge in [0.15, 0.2) is 23.9 Å². The van der Waals surface area contributed by atoms with Gasteiger partial charge in [-0.15, -0.1) is 0 Å². The van der Waals surface area contributed by atoms with Crippen LogP contribution in [0, 0.1) is 12.7 Å². The number of aryl methyl sites for hydroxylation is 1. The summed E-state index contributed by atoms with van der Waals surface area (Å²) >= 11 is 0. The van der Waals surface area contributed by atoms with Crippen LogP contribution in [0.2, 0.25) is 0 Å². The molecule has 21 heavy (non-hydrogen) atoms. The predicted octanol–water partition coefficient (Wildman–Crippen LogP) is 3.12. The van der Waals surface area contributed by atoms with E-state index in [-0.39, 0.29) is 25.0 Å². The number of benzene rings is 2. The van der Waals surface area contributed by atoms with Gasteiger partial charge in [0.1, 0.15) is 11.6 Å². The Bertz CT molecular complexity index is 697. The van der Waals surface area contributed by atoms with Gasteiger partial charge in [0.2, 0.25) is 6.79 Å². The zero-order chi connectivity index (χ0) is 14.8. The maximum atomic E-state index is 13.4. The molecule has 108 valence electrons. The Morgan fingerprint density at radius 2 is 2.00 bits per heavy atom. The van der Waals surface area contributed by atoms with Crippen LogP contribution in [-0.4, -0.2) is 19.2 Å². The number of fused-ring (bicyclic) bond motifs is 1. The molecule has 0 unspecified atom stereocenters. The Kier molecular flexibility index (Phi) is 3.48. The van der Waals surface area contributed by atoms with Crippen LogP contribution in [0.1, 0.15) is 15.9 Å². The minimum absolute atomic E-state index is 0.159. The van der Waals surface area contributed by atoms with Crippen molar-refractivity contribution in [2.75, 3.05) is 13.4 Å². The Labute approximate surface area is 121 Å². The van der Waals surface area contributed by atoms with Crippen molar-refractivity contribution in [1.29, 1.82) is 0 Å². The Morgan fingerprint density at radius 3 is 2.81 bits per heavy atom. The summed E-state index contributed by atoms with van der Waals surface area (Å²) in [6.45, 7) is 1.66. The van der Waals surface area contributed by atoms with E-state index in [0.717, 1.165) is 0 Å². The van der Waals surface area contributed by atoms with Gasteiger partial charge >= 0.3 is 0 Å². The molecule has 2 aromatic carbocycles. The van der Waals surface area contributed by atoms with Gasteiger partial charge in [0.25, 0.3) is 0 Å². The smallest absolute Gasteiger partial charge is 0.231 e. The highest BCUT2D eigenvalue weighted by Gasteiger charge is 2.16. The first-order chi connectivity index (χ1) is 10.1. The van der Waals surface area contributed by atoms with Gasteiger partial charge in [0.05, 0.1) is 0 Å². The van der Waals surface area contributed by atoms with Crippen LogP contribution in [0.25, 0.3) is 0 Å². The van der Waals surface area contributed by atoms with E-state index in [0.29, 0.717) is 28.4 Å². The fraction of sp³-hybridized carbons (Fsp3) is 0.188. The van der Waals surface area contributed by atoms with Crippen LogP contribution in [0.3, 0.4) is 0 Å². The highest BCUT2D eigenvalue weighted by molar-refractivity contribution is 5.97. The number of hydrogen-bond donors (Lipinski definition) is 0. The number of ketones is 1. The summed E-state index contributed by atoms with van der Waals surface area (Å²) in [7, 11) is 0. The molecular formula is C16H13FO4. The molecule has 0 aliphatic carbocycles. The molecule has 1 heterocycles. The summed E-state index contributed by atoms with van der Waals surface area (Å²) in [6, 6.07) is 9.45. The molecule has 4 nitrogen and oxygen atoms in total. The van der Waals surface area contributed by atoms with Gasteiger partial charge in [0, 0.05) is 11.6 Å². The zero-order valence-corrected chi connectivity index (χ0v) is 11.4. The third-order valence-corrected chi connectivity index (χ3v) is 3.21. The molecule has 0 atom stereocenters.